The molecule has 0 bridgehead atoms. The first-order chi connectivity index (χ1) is 7.84. The third-order valence-electron chi connectivity index (χ3n) is 2.27. The summed E-state index contributed by atoms with van der Waals surface area (Å²) in [6.07, 6.45) is 5.41. The minimum absolute atomic E-state index is 0. The van der Waals surface area contributed by atoms with Crippen molar-refractivity contribution in [2.45, 2.75) is 0 Å². The minimum atomic E-state index is -0.251. The SMILES string of the molecule is Cl.O=C1COC(c2cccn3ccnc23)=NN1. The standard InChI is InChI=1S/C10H8N4O2.ClH/c15-8-6-16-10(13-12-8)7-2-1-4-14-5-3-11-9(7)14;/h1-5H,6H2,(H,12,15);1H. The second-order valence-corrected chi connectivity index (χ2v) is 3.32. The van der Waals surface area contributed by atoms with Gasteiger partial charge in [-0.1, -0.05) is 0 Å². The van der Waals surface area contributed by atoms with Crippen molar-refractivity contribution < 1.29 is 9.53 Å². The fraction of sp³-hybridized carbons (Fsp3) is 0.100. The van der Waals surface area contributed by atoms with Crippen molar-refractivity contribution >= 4 is 29.9 Å². The van der Waals surface area contributed by atoms with E-state index in [1.165, 1.54) is 0 Å². The number of hydrazone groups is 1. The van der Waals surface area contributed by atoms with Crippen LogP contribution in [-0.4, -0.2) is 27.8 Å². The second kappa shape index (κ2) is 4.42. The van der Waals surface area contributed by atoms with Crippen molar-refractivity contribution in [3.8, 4) is 0 Å². The van der Waals surface area contributed by atoms with Crippen LogP contribution in [0.1, 0.15) is 5.56 Å². The van der Waals surface area contributed by atoms with Gasteiger partial charge in [-0.3, -0.25) is 4.79 Å². The van der Waals surface area contributed by atoms with Crippen molar-refractivity contribution in [3.05, 3.63) is 36.3 Å². The number of fused-ring (bicyclic) bond motifs is 1. The van der Waals surface area contributed by atoms with Crippen molar-refractivity contribution in [1.29, 1.82) is 0 Å². The molecule has 0 saturated heterocycles. The highest BCUT2D eigenvalue weighted by molar-refractivity contribution is 6.02. The van der Waals surface area contributed by atoms with Crippen LogP contribution in [0, 0.1) is 0 Å². The molecule has 6 nitrogen and oxygen atoms in total. The average Bonchev–Trinajstić information content (AvgIpc) is 2.78. The molecule has 1 N–H and O–H groups in total. The molecule has 3 heterocycles. The summed E-state index contributed by atoms with van der Waals surface area (Å²) in [6, 6.07) is 3.71. The van der Waals surface area contributed by atoms with Gasteiger partial charge < -0.3 is 9.14 Å². The van der Waals surface area contributed by atoms with Crippen LogP contribution in [0.15, 0.2) is 35.8 Å². The molecule has 0 spiro atoms. The maximum Gasteiger partial charge on any atom is 0.278 e. The zero-order chi connectivity index (χ0) is 11.0. The van der Waals surface area contributed by atoms with Gasteiger partial charge in [0.25, 0.3) is 5.91 Å². The number of amides is 1. The van der Waals surface area contributed by atoms with E-state index in [9.17, 15) is 4.79 Å². The van der Waals surface area contributed by atoms with Crippen LogP contribution in [0.5, 0.6) is 0 Å². The molecule has 88 valence electrons. The van der Waals surface area contributed by atoms with Crippen molar-refractivity contribution in [2.24, 2.45) is 5.10 Å². The molecule has 3 rings (SSSR count). The molecule has 0 radical (unpaired) electrons. The van der Waals surface area contributed by atoms with Gasteiger partial charge in [0.05, 0.1) is 5.56 Å². The van der Waals surface area contributed by atoms with E-state index in [0.717, 1.165) is 11.2 Å². The van der Waals surface area contributed by atoms with E-state index in [1.807, 2.05) is 28.9 Å². The van der Waals surface area contributed by atoms with Gasteiger partial charge in [-0.05, 0) is 12.1 Å². The molecule has 1 amide bonds. The number of carbonyl (C=O) groups excluding carboxylic acids is 1. The number of rotatable bonds is 1. The zero-order valence-electron chi connectivity index (χ0n) is 8.66. The molecule has 0 atom stereocenters. The number of halogens is 1. The lowest BCUT2D eigenvalue weighted by Crippen LogP contribution is -2.32. The first kappa shape index (κ1) is 11.4. The Labute approximate surface area is 103 Å². The highest BCUT2D eigenvalue weighted by atomic mass is 35.5. The van der Waals surface area contributed by atoms with Crippen LogP contribution < -0.4 is 5.43 Å². The molecule has 0 unspecified atom stereocenters. The molecular weight excluding hydrogens is 244 g/mol. The molecule has 1 aliphatic rings. The van der Waals surface area contributed by atoms with Gasteiger partial charge in [0, 0.05) is 18.6 Å². The summed E-state index contributed by atoms with van der Waals surface area (Å²) >= 11 is 0. The predicted molar refractivity (Wildman–Crippen MR) is 63.1 cm³/mol. The van der Waals surface area contributed by atoms with E-state index in [-0.39, 0.29) is 24.9 Å². The summed E-state index contributed by atoms with van der Waals surface area (Å²) in [4.78, 5) is 15.1. The van der Waals surface area contributed by atoms with E-state index in [2.05, 4.69) is 15.5 Å². The van der Waals surface area contributed by atoms with E-state index < -0.39 is 0 Å². The third kappa shape index (κ3) is 1.94. The topological polar surface area (TPSA) is 68.0 Å². The lowest BCUT2D eigenvalue weighted by molar-refractivity contribution is -0.124. The zero-order valence-corrected chi connectivity index (χ0v) is 9.48. The van der Waals surface area contributed by atoms with E-state index in [0.29, 0.717) is 5.90 Å². The van der Waals surface area contributed by atoms with Crippen LogP contribution >= 0.6 is 12.4 Å². The Morgan fingerprint density at radius 1 is 1.41 bits per heavy atom. The molecule has 0 fully saturated rings. The highest BCUT2D eigenvalue weighted by Gasteiger charge is 2.17. The van der Waals surface area contributed by atoms with Gasteiger partial charge in [-0.25, -0.2) is 10.4 Å². The monoisotopic (exact) mass is 252 g/mol. The van der Waals surface area contributed by atoms with Gasteiger partial charge in [0.2, 0.25) is 5.90 Å². The normalized spacial score (nSPS) is 14.6. The van der Waals surface area contributed by atoms with Crippen molar-refractivity contribution in [2.75, 3.05) is 6.61 Å². The Kier molecular flexibility index (Phi) is 2.97. The predicted octanol–water partition coefficient (Wildman–Crippen LogP) is 0.564. The Bertz CT molecular complexity index is 593. The molecule has 0 aromatic carbocycles. The summed E-state index contributed by atoms with van der Waals surface area (Å²) in [5.41, 5.74) is 3.88. The molecule has 7 heteroatoms. The number of hydrogen-bond acceptors (Lipinski definition) is 4. The first-order valence-electron chi connectivity index (χ1n) is 4.76. The van der Waals surface area contributed by atoms with E-state index in [1.54, 1.807) is 6.20 Å². The third-order valence-corrected chi connectivity index (χ3v) is 2.27. The summed E-state index contributed by atoms with van der Waals surface area (Å²) in [7, 11) is 0. The van der Waals surface area contributed by atoms with Crippen LogP contribution in [0.4, 0.5) is 0 Å². The molecule has 2 aromatic rings. The molecule has 1 aliphatic heterocycles. The van der Waals surface area contributed by atoms with Crippen molar-refractivity contribution in [1.82, 2.24) is 14.8 Å². The maximum absolute atomic E-state index is 10.9. The smallest absolute Gasteiger partial charge is 0.278 e. The Balaban J connectivity index is 0.00000108. The maximum atomic E-state index is 10.9. The molecule has 0 aliphatic carbocycles. The number of aromatic nitrogens is 2. The van der Waals surface area contributed by atoms with Gasteiger partial charge in [0.15, 0.2) is 6.61 Å². The quantitative estimate of drug-likeness (QED) is 0.807. The van der Waals surface area contributed by atoms with E-state index in [4.69, 9.17) is 4.74 Å². The van der Waals surface area contributed by atoms with Gasteiger partial charge in [-0.2, -0.15) is 0 Å². The minimum Gasteiger partial charge on any atom is -0.466 e. The van der Waals surface area contributed by atoms with Gasteiger partial charge >= 0.3 is 0 Å². The van der Waals surface area contributed by atoms with Crippen LogP contribution in [0.3, 0.4) is 0 Å². The summed E-state index contributed by atoms with van der Waals surface area (Å²) < 4.78 is 7.10. The van der Waals surface area contributed by atoms with Crippen LogP contribution in [0.25, 0.3) is 5.65 Å². The first-order valence-corrected chi connectivity index (χ1v) is 4.76. The summed E-state index contributed by atoms with van der Waals surface area (Å²) in [5.74, 6) is 0.135. The van der Waals surface area contributed by atoms with Gasteiger partial charge in [0.1, 0.15) is 5.65 Å². The summed E-state index contributed by atoms with van der Waals surface area (Å²) in [5, 5.41) is 3.85. The molecular formula is C10H9ClN4O2. The molecule has 0 saturated carbocycles. The van der Waals surface area contributed by atoms with Crippen LogP contribution in [0.2, 0.25) is 0 Å². The fourth-order valence-corrected chi connectivity index (χ4v) is 1.56. The lowest BCUT2D eigenvalue weighted by atomic mass is 10.2. The van der Waals surface area contributed by atoms with Crippen molar-refractivity contribution in [3.63, 3.8) is 0 Å². The molecule has 2 aromatic heterocycles. The second-order valence-electron chi connectivity index (χ2n) is 3.32. The fourth-order valence-electron chi connectivity index (χ4n) is 1.56. The van der Waals surface area contributed by atoms with Gasteiger partial charge in [-0.15, -0.1) is 17.5 Å². The lowest BCUT2D eigenvalue weighted by Gasteiger charge is -2.13. The number of ether oxygens (including phenoxy) is 1. The average molecular weight is 253 g/mol. The number of imidazole rings is 1. The summed E-state index contributed by atoms with van der Waals surface area (Å²) in [6.45, 7) is -0.0133. The largest absolute Gasteiger partial charge is 0.466 e. The van der Waals surface area contributed by atoms with Crippen LogP contribution in [-0.2, 0) is 9.53 Å². The Morgan fingerprint density at radius 3 is 3.06 bits per heavy atom. The highest BCUT2D eigenvalue weighted by Crippen LogP contribution is 2.11. The number of nitrogens with zero attached hydrogens (tertiary/aromatic N) is 3. The number of pyridine rings is 1. The molecule has 17 heavy (non-hydrogen) atoms. The van der Waals surface area contributed by atoms with E-state index >= 15 is 0 Å². The Hall–Kier alpha value is -2.08. The number of hydrogen-bond donors (Lipinski definition) is 1. The Morgan fingerprint density at radius 2 is 2.29 bits per heavy atom. The number of nitrogens with one attached hydrogen (secondary N) is 1. The number of carbonyl (C=O) groups is 1.